The molecule has 0 fully saturated rings. The summed E-state index contributed by atoms with van der Waals surface area (Å²) in [6, 6.07) is 10.0. The monoisotopic (exact) mass is 313 g/mol. The third-order valence-electron chi connectivity index (χ3n) is 3.09. The minimum atomic E-state index is -0.289. The van der Waals surface area contributed by atoms with Gasteiger partial charge in [-0.25, -0.2) is 4.98 Å². The predicted molar refractivity (Wildman–Crippen MR) is 83.5 cm³/mol. The van der Waals surface area contributed by atoms with Gasteiger partial charge in [-0.2, -0.15) is 0 Å². The van der Waals surface area contributed by atoms with E-state index in [1.54, 1.807) is 37.3 Å². The predicted octanol–water partition coefficient (Wildman–Crippen LogP) is 2.13. The molecule has 0 radical (unpaired) electrons. The van der Waals surface area contributed by atoms with Gasteiger partial charge in [0.1, 0.15) is 18.1 Å². The lowest BCUT2D eigenvalue weighted by Gasteiger charge is -2.07. The highest BCUT2D eigenvalue weighted by molar-refractivity contribution is 5.88. The molecule has 0 aliphatic heterocycles. The Labute approximate surface area is 131 Å². The first kappa shape index (κ1) is 14.8. The van der Waals surface area contributed by atoms with Crippen LogP contribution in [0.4, 0.5) is 5.69 Å². The highest BCUT2D eigenvalue weighted by atomic mass is 16.5. The maximum absolute atomic E-state index is 11.9. The van der Waals surface area contributed by atoms with Gasteiger partial charge >= 0.3 is 0 Å². The van der Waals surface area contributed by atoms with Crippen molar-refractivity contribution < 1.29 is 14.1 Å². The minimum Gasteiger partial charge on any atom is -0.487 e. The summed E-state index contributed by atoms with van der Waals surface area (Å²) < 4.78 is 12.0. The van der Waals surface area contributed by atoms with Crippen molar-refractivity contribution in [2.24, 2.45) is 0 Å². The highest BCUT2D eigenvalue weighted by Crippen LogP contribution is 2.16. The SMILES string of the molecule is CC(=O)Nc1ccc(OCc2cc(=O)n3oc(C)cc3n2)cc1. The number of ether oxygens (including phenoxy) is 1. The van der Waals surface area contributed by atoms with Crippen LogP contribution in [0.25, 0.3) is 5.65 Å². The van der Waals surface area contributed by atoms with Gasteiger partial charge in [0.25, 0.3) is 5.56 Å². The second-order valence-corrected chi connectivity index (χ2v) is 5.08. The number of hydrogen-bond acceptors (Lipinski definition) is 5. The van der Waals surface area contributed by atoms with Crippen LogP contribution in [0.1, 0.15) is 18.4 Å². The molecule has 0 bridgehead atoms. The second kappa shape index (κ2) is 5.96. The van der Waals surface area contributed by atoms with E-state index < -0.39 is 0 Å². The fourth-order valence-corrected chi connectivity index (χ4v) is 2.14. The van der Waals surface area contributed by atoms with Crippen LogP contribution in [0, 0.1) is 6.92 Å². The molecule has 2 aromatic heterocycles. The molecule has 3 rings (SSSR count). The standard InChI is InChI=1S/C16H15N3O4/c1-10-7-15-18-13(8-16(21)19(15)23-10)9-22-14-5-3-12(4-6-14)17-11(2)20/h3-8H,9H2,1-2H3,(H,17,20). The number of anilines is 1. The lowest BCUT2D eigenvalue weighted by atomic mass is 10.3. The summed E-state index contributed by atoms with van der Waals surface area (Å²) in [6.45, 7) is 3.36. The first-order valence-electron chi connectivity index (χ1n) is 7.01. The zero-order valence-electron chi connectivity index (χ0n) is 12.7. The molecule has 0 aliphatic carbocycles. The van der Waals surface area contributed by atoms with Gasteiger partial charge in [-0.3, -0.25) is 9.59 Å². The number of aromatic nitrogens is 2. The Balaban J connectivity index is 1.73. The number of hydrogen-bond donors (Lipinski definition) is 1. The van der Waals surface area contributed by atoms with Gasteiger partial charge in [-0.1, -0.05) is 0 Å². The Morgan fingerprint density at radius 2 is 2.04 bits per heavy atom. The Morgan fingerprint density at radius 3 is 2.74 bits per heavy atom. The summed E-state index contributed by atoms with van der Waals surface area (Å²) in [5.74, 6) is 1.10. The zero-order valence-corrected chi connectivity index (χ0v) is 12.7. The molecule has 0 unspecified atom stereocenters. The van der Waals surface area contributed by atoms with Crippen LogP contribution in [0.2, 0.25) is 0 Å². The number of aryl methyl sites for hydroxylation is 1. The summed E-state index contributed by atoms with van der Waals surface area (Å²) in [6.07, 6.45) is 0. The molecule has 0 aliphatic rings. The molecule has 0 spiro atoms. The van der Waals surface area contributed by atoms with Crippen LogP contribution in [0.5, 0.6) is 5.75 Å². The van der Waals surface area contributed by atoms with Crippen LogP contribution in [0.3, 0.4) is 0 Å². The average molecular weight is 313 g/mol. The van der Waals surface area contributed by atoms with Crippen LogP contribution in [0.15, 0.2) is 45.7 Å². The van der Waals surface area contributed by atoms with E-state index >= 15 is 0 Å². The summed E-state index contributed by atoms with van der Waals surface area (Å²) >= 11 is 0. The number of benzene rings is 1. The third-order valence-corrected chi connectivity index (χ3v) is 3.09. The van der Waals surface area contributed by atoms with Gasteiger partial charge < -0.3 is 14.6 Å². The average Bonchev–Trinajstić information content (AvgIpc) is 2.87. The summed E-state index contributed by atoms with van der Waals surface area (Å²) in [5.41, 5.74) is 1.37. The maximum atomic E-state index is 11.9. The van der Waals surface area contributed by atoms with Gasteiger partial charge in [0.05, 0.1) is 5.69 Å². The third kappa shape index (κ3) is 3.39. The molecule has 0 saturated heterocycles. The smallest absolute Gasteiger partial charge is 0.287 e. The molecule has 1 N–H and O–H groups in total. The first-order valence-corrected chi connectivity index (χ1v) is 7.01. The van der Waals surface area contributed by atoms with Crippen molar-refractivity contribution in [2.75, 3.05) is 5.32 Å². The van der Waals surface area contributed by atoms with E-state index in [0.29, 0.717) is 28.5 Å². The van der Waals surface area contributed by atoms with E-state index in [0.717, 1.165) is 4.57 Å². The lowest BCUT2D eigenvalue weighted by Crippen LogP contribution is -2.14. The molecule has 7 nitrogen and oxygen atoms in total. The van der Waals surface area contributed by atoms with Gasteiger partial charge in [0.15, 0.2) is 5.65 Å². The minimum absolute atomic E-state index is 0.132. The zero-order chi connectivity index (χ0) is 16.4. The summed E-state index contributed by atoms with van der Waals surface area (Å²) in [4.78, 5) is 27.2. The Morgan fingerprint density at radius 1 is 1.30 bits per heavy atom. The quantitative estimate of drug-likeness (QED) is 0.797. The van der Waals surface area contributed by atoms with E-state index in [1.807, 2.05) is 0 Å². The van der Waals surface area contributed by atoms with Crippen LogP contribution >= 0.6 is 0 Å². The Kier molecular flexibility index (Phi) is 3.84. The number of fused-ring (bicyclic) bond motifs is 1. The van der Waals surface area contributed by atoms with Crippen molar-refractivity contribution in [3.8, 4) is 5.75 Å². The molecule has 2 heterocycles. The van der Waals surface area contributed by atoms with Crippen molar-refractivity contribution in [2.45, 2.75) is 20.5 Å². The number of amides is 1. The van der Waals surface area contributed by atoms with Crippen molar-refractivity contribution in [3.63, 3.8) is 0 Å². The van der Waals surface area contributed by atoms with Crippen molar-refractivity contribution in [3.05, 3.63) is 58.2 Å². The Hall–Kier alpha value is -3.09. The molecule has 0 saturated carbocycles. The van der Waals surface area contributed by atoms with Crippen molar-refractivity contribution in [1.82, 2.24) is 9.56 Å². The summed E-state index contributed by atoms with van der Waals surface area (Å²) in [7, 11) is 0. The first-order chi connectivity index (χ1) is 11.0. The van der Waals surface area contributed by atoms with Gasteiger partial charge in [0, 0.05) is 24.7 Å². The molecule has 3 aromatic rings. The fourth-order valence-electron chi connectivity index (χ4n) is 2.14. The van der Waals surface area contributed by atoms with E-state index in [1.165, 1.54) is 13.0 Å². The molecule has 1 aromatic carbocycles. The van der Waals surface area contributed by atoms with Crippen molar-refractivity contribution in [1.29, 1.82) is 0 Å². The van der Waals surface area contributed by atoms with Gasteiger partial charge in [-0.05, 0) is 31.2 Å². The molecule has 1 amide bonds. The van der Waals surface area contributed by atoms with E-state index in [9.17, 15) is 9.59 Å². The topological polar surface area (TPSA) is 85.8 Å². The fraction of sp³-hybridized carbons (Fsp3) is 0.188. The summed E-state index contributed by atoms with van der Waals surface area (Å²) in [5, 5.41) is 2.67. The number of carbonyl (C=O) groups excluding carboxylic acids is 1. The molecule has 7 heteroatoms. The van der Waals surface area contributed by atoms with Crippen LogP contribution < -0.4 is 15.6 Å². The highest BCUT2D eigenvalue weighted by Gasteiger charge is 2.07. The van der Waals surface area contributed by atoms with Crippen LogP contribution in [-0.2, 0) is 11.4 Å². The largest absolute Gasteiger partial charge is 0.487 e. The molecule has 0 atom stereocenters. The normalized spacial score (nSPS) is 10.7. The lowest BCUT2D eigenvalue weighted by molar-refractivity contribution is -0.114. The van der Waals surface area contributed by atoms with Crippen LogP contribution in [-0.4, -0.2) is 15.5 Å². The number of nitrogens with one attached hydrogen (secondary N) is 1. The number of rotatable bonds is 4. The molecule has 118 valence electrons. The molecule has 23 heavy (non-hydrogen) atoms. The Bertz CT molecular complexity index is 909. The van der Waals surface area contributed by atoms with Crippen molar-refractivity contribution >= 4 is 17.2 Å². The second-order valence-electron chi connectivity index (χ2n) is 5.08. The maximum Gasteiger partial charge on any atom is 0.287 e. The number of nitrogens with zero attached hydrogens (tertiary/aromatic N) is 2. The van der Waals surface area contributed by atoms with Gasteiger partial charge in [0.2, 0.25) is 5.91 Å². The van der Waals surface area contributed by atoms with E-state index in [-0.39, 0.29) is 18.1 Å². The van der Waals surface area contributed by atoms with E-state index in [4.69, 9.17) is 9.26 Å². The molecular weight excluding hydrogens is 298 g/mol. The number of carbonyl (C=O) groups is 1. The molecular formula is C16H15N3O4. The van der Waals surface area contributed by atoms with Gasteiger partial charge in [-0.15, -0.1) is 4.57 Å². The van der Waals surface area contributed by atoms with E-state index in [2.05, 4.69) is 10.3 Å².